The highest BCUT2D eigenvalue weighted by atomic mass is 32.2. The number of rotatable bonds is 4. The van der Waals surface area contributed by atoms with Crippen molar-refractivity contribution in [3.8, 4) is 0 Å². The average molecular weight is 301 g/mol. The molecule has 2 N–H and O–H groups in total. The number of hydrogen-bond acceptors (Lipinski definition) is 6. The Bertz CT molecular complexity index is 412. The number of nitrogens with two attached hydrogens (primary N) is 1. The highest BCUT2D eigenvalue weighted by Gasteiger charge is 2.30. The summed E-state index contributed by atoms with van der Waals surface area (Å²) in [4.78, 5) is 4.53. The summed E-state index contributed by atoms with van der Waals surface area (Å²) >= 11 is 3.92. The molecule has 2 rings (SSSR count). The Morgan fingerprint density at radius 1 is 1.42 bits per heavy atom. The molecule has 6 heteroatoms. The maximum absolute atomic E-state index is 6.13. The minimum atomic E-state index is -0.149. The number of nitrogens with zero attached hydrogens (tertiary/aromatic N) is 2. The van der Waals surface area contributed by atoms with Gasteiger partial charge in [-0.05, 0) is 5.92 Å². The number of aromatic nitrogens is 2. The van der Waals surface area contributed by atoms with E-state index < -0.39 is 0 Å². The second kappa shape index (κ2) is 6.50. The highest BCUT2D eigenvalue weighted by Crippen LogP contribution is 2.43. The third kappa shape index (κ3) is 3.47. The molecule has 108 valence electrons. The molecule has 3 unspecified atom stereocenters. The van der Waals surface area contributed by atoms with Gasteiger partial charge in [0.1, 0.15) is 0 Å². The maximum atomic E-state index is 6.13. The molecule has 0 saturated carbocycles. The van der Waals surface area contributed by atoms with Crippen LogP contribution in [0.5, 0.6) is 0 Å². The van der Waals surface area contributed by atoms with Crippen molar-refractivity contribution in [3.63, 3.8) is 0 Å². The Kier molecular flexibility index (Phi) is 5.20. The lowest BCUT2D eigenvalue weighted by Gasteiger charge is -2.29. The van der Waals surface area contributed by atoms with E-state index in [1.807, 2.05) is 23.5 Å². The van der Waals surface area contributed by atoms with Gasteiger partial charge >= 0.3 is 0 Å². The lowest BCUT2D eigenvalue weighted by Crippen LogP contribution is -2.22. The summed E-state index contributed by atoms with van der Waals surface area (Å²) in [7, 11) is 0. The van der Waals surface area contributed by atoms with Crippen LogP contribution in [-0.2, 0) is 0 Å². The van der Waals surface area contributed by atoms with Gasteiger partial charge in [-0.1, -0.05) is 39.3 Å². The Hall–Kier alpha value is -0.200. The molecule has 5 atom stereocenters. The third-order valence-electron chi connectivity index (χ3n) is 3.84. The lowest BCUT2D eigenvalue weighted by atomic mass is 10.0. The first kappa shape index (κ1) is 15.2. The summed E-state index contributed by atoms with van der Waals surface area (Å²) in [6, 6.07) is -0.149. The fourth-order valence-corrected chi connectivity index (χ4v) is 4.76. The normalized spacial score (nSPS) is 31.1. The molecule has 1 aromatic rings. The van der Waals surface area contributed by atoms with Gasteiger partial charge in [0.2, 0.25) is 5.89 Å². The zero-order valence-corrected chi connectivity index (χ0v) is 13.6. The van der Waals surface area contributed by atoms with Crippen molar-refractivity contribution in [2.45, 2.75) is 55.9 Å². The smallest absolute Gasteiger partial charge is 0.243 e. The number of hydrogen-bond donors (Lipinski definition) is 1. The SMILES string of the molecule is CC[C@H](C)[C@H](N)c1nc(C2CSC(C)C(C)S2)no1. The Morgan fingerprint density at radius 3 is 2.79 bits per heavy atom. The van der Waals surface area contributed by atoms with Crippen LogP contribution in [0.25, 0.3) is 0 Å². The van der Waals surface area contributed by atoms with Crippen LogP contribution in [0.3, 0.4) is 0 Å². The number of thioether (sulfide) groups is 2. The molecule has 1 aliphatic rings. The van der Waals surface area contributed by atoms with E-state index >= 15 is 0 Å². The minimum absolute atomic E-state index is 0.149. The molecular weight excluding hydrogens is 278 g/mol. The standard InChI is InChI=1S/C13H23N3OS2/c1-5-7(2)11(14)13-15-12(16-17-13)10-6-18-8(3)9(4)19-10/h7-11H,5-6,14H2,1-4H3/t7-,8?,9?,10?,11-/m0/s1. The van der Waals surface area contributed by atoms with E-state index in [-0.39, 0.29) is 6.04 Å². The van der Waals surface area contributed by atoms with Gasteiger partial charge in [0.25, 0.3) is 0 Å². The van der Waals surface area contributed by atoms with Crippen molar-refractivity contribution in [2.75, 3.05) is 5.75 Å². The first-order valence-electron chi connectivity index (χ1n) is 6.89. The van der Waals surface area contributed by atoms with Crippen molar-refractivity contribution >= 4 is 23.5 Å². The second-order valence-corrected chi connectivity index (χ2v) is 8.27. The van der Waals surface area contributed by atoms with E-state index in [0.29, 0.717) is 27.6 Å². The van der Waals surface area contributed by atoms with Gasteiger partial charge in [0.15, 0.2) is 5.82 Å². The largest absolute Gasteiger partial charge is 0.338 e. The van der Waals surface area contributed by atoms with Crippen LogP contribution in [-0.4, -0.2) is 26.4 Å². The van der Waals surface area contributed by atoms with Crippen LogP contribution in [0.15, 0.2) is 4.52 Å². The van der Waals surface area contributed by atoms with Crippen LogP contribution in [0.1, 0.15) is 57.1 Å². The van der Waals surface area contributed by atoms with Crippen LogP contribution in [0.4, 0.5) is 0 Å². The molecule has 1 fully saturated rings. The van der Waals surface area contributed by atoms with Gasteiger partial charge in [-0.15, -0.1) is 11.8 Å². The van der Waals surface area contributed by atoms with Crippen LogP contribution >= 0.6 is 23.5 Å². The van der Waals surface area contributed by atoms with Gasteiger partial charge in [-0.25, -0.2) is 0 Å². The Morgan fingerprint density at radius 2 is 2.16 bits per heavy atom. The molecule has 19 heavy (non-hydrogen) atoms. The second-order valence-electron chi connectivity index (χ2n) is 5.27. The first-order valence-corrected chi connectivity index (χ1v) is 8.88. The van der Waals surface area contributed by atoms with E-state index in [0.717, 1.165) is 18.0 Å². The van der Waals surface area contributed by atoms with Crippen molar-refractivity contribution in [2.24, 2.45) is 11.7 Å². The molecule has 0 amide bonds. The average Bonchev–Trinajstić information content (AvgIpc) is 2.89. The molecule has 1 aromatic heterocycles. The summed E-state index contributed by atoms with van der Waals surface area (Å²) in [5.74, 6) is 2.81. The van der Waals surface area contributed by atoms with E-state index in [4.69, 9.17) is 10.3 Å². The quantitative estimate of drug-likeness (QED) is 0.919. The van der Waals surface area contributed by atoms with Gasteiger partial charge in [0, 0.05) is 16.3 Å². The van der Waals surface area contributed by atoms with Crippen LogP contribution < -0.4 is 5.73 Å². The summed E-state index contributed by atoms with van der Waals surface area (Å²) in [6.45, 7) is 8.78. The summed E-state index contributed by atoms with van der Waals surface area (Å²) in [5, 5.41) is 5.78. The van der Waals surface area contributed by atoms with Crippen LogP contribution in [0, 0.1) is 5.92 Å². The van der Waals surface area contributed by atoms with E-state index in [9.17, 15) is 0 Å². The van der Waals surface area contributed by atoms with Crippen molar-refractivity contribution in [1.82, 2.24) is 10.1 Å². The molecule has 0 radical (unpaired) electrons. The Balaban J connectivity index is 2.05. The molecule has 2 heterocycles. The van der Waals surface area contributed by atoms with Gasteiger partial charge in [-0.3, -0.25) is 0 Å². The minimum Gasteiger partial charge on any atom is -0.338 e. The zero-order valence-electron chi connectivity index (χ0n) is 12.0. The van der Waals surface area contributed by atoms with E-state index in [1.165, 1.54) is 0 Å². The zero-order chi connectivity index (χ0) is 14.0. The molecular formula is C13H23N3OS2. The van der Waals surface area contributed by atoms with E-state index in [2.05, 4.69) is 37.8 Å². The lowest BCUT2D eigenvalue weighted by molar-refractivity contribution is 0.310. The molecule has 4 nitrogen and oxygen atoms in total. The summed E-state index contributed by atoms with van der Waals surface area (Å²) in [6.07, 6.45) is 1.02. The monoisotopic (exact) mass is 301 g/mol. The van der Waals surface area contributed by atoms with Crippen molar-refractivity contribution in [1.29, 1.82) is 0 Å². The fourth-order valence-electron chi connectivity index (χ4n) is 1.93. The van der Waals surface area contributed by atoms with Crippen molar-refractivity contribution in [3.05, 3.63) is 11.7 Å². The van der Waals surface area contributed by atoms with Crippen molar-refractivity contribution < 1.29 is 4.52 Å². The van der Waals surface area contributed by atoms with Gasteiger partial charge in [-0.2, -0.15) is 16.7 Å². The summed E-state index contributed by atoms with van der Waals surface area (Å²) in [5.41, 5.74) is 6.13. The summed E-state index contributed by atoms with van der Waals surface area (Å²) < 4.78 is 5.36. The van der Waals surface area contributed by atoms with Crippen LogP contribution in [0.2, 0.25) is 0 Å². The molecule has 0 bridgehead atoms. The Labute approximate surface area is 123 Å². The molecule has 1 saturated heterocycles. The molecule has 0 aromatic carbocycles. The van der Waals surface area contributed by atoms with Gasteiger partial charge < -0.3 is 10.3 Å². The molecule has 0 spiro atoms. The fraction of sp³-hybridized carbons (Fsp3) is 0.846. The van der Waals surface area contributed by atoms with E-state index in [1.54, 1.807) is 0 Å². The molecule has 1 aliphatic heterocycles. The maximum Gasteiger partial charge on any atom is 0.243 e. The predicted molar refractivity (Wildman–Crippen MR) is 82.4 cm³/mol. The topological polar surface area (TPSA) is 64.9 Å². The predicted octanol–water partition coefficient (Wildman–Crippen LogP) is 3.41. The third-order valence-corrected chi connectivity index (χ3v) is 7.22. The first-order chi connectivity index (χ1) is 9.02. The van der Waals surface area contributed by atoms with Gasteiger partial charge in [0.05, 0.1) is 11.3 Å². The molecule has 0 aliphatic carbocycles. The highest BCUT2D eigenvalue weighted by molar-refractivity contribution is 8.07.